The fourth-order valence-corrected chi connectivity index (χ4v) is 2.93. The van der Waals surface area contributed by atoms with E-state index in [0.29, 0.717) is 0 Å². The van der Waals surface area contributed by atoms with Gasteiger partial charge in [0.05, 0.1) is 6.54 Å². The molecule has 0 unspecified atom stereocenters. The first-order valence-corrected chi connectivity index (χ1v) is 7.94. The van der Waals surface area contributed by atoms with Gasteiger partial charge >= 0.3 is 12.1 Å². The van der Waals surface area contributed by atoms with Crippen LogP contribution in [-0.4, -0.2) is 47.7 Å². The first-order chi connectivity index (χ1) is 11.0. The zero-order valence-corrected chi connectivity index (χ0v) is 13.4. The number of alkyl carbamates (subject to hydrolysis) is 1. The van der Waals surface area contributed by atoms with E-state index in [0.717, 1.165) is 31.2 Å². The monoisotopic (exact) mass is 320 g/mol. The van der Waals surface area contributed by atoms with Crippen molar-refractivity contribution in [3.8, 4) is 0 Å². The van der Waals surface area contributed by atoms with Gasteiger partial charge in [-0.25, -0.2) is 4.79 Å². The fraction of sp³-hybridized carbons (Fsp3) is 0.529. The number of aliphatic carboxylic acids is 1. The van der Waals surface area contributed by atoms with E-state index in [9.17, 15) is 9.59 Å². The zero-order chi connectivity index (χ0) is 16.7. The number of benzene rings is 1. The lowest BCUT2D eigenvalue weighted by Gasteiger charge is -2.33. The van der Waals surface area contributed by atoms with Crippen LogP contribution in [0.15, 0.2) is 30.3 Å². The van der Waals surface area contributed by atoms with E-state index in [4.69, 9.17) is 9.84 Å². The van der Waals surface area contributed by atoms with Crippen molar-refractivity contribution in [1.82, 2.24) is 10.2 Å². The number of nitrogens with one attached hydrogen (secondary N) is 1. The SMILES string of the molecule is CN(CC(=O)O)C1CCC(NC(=O)OCc2ccccc2)CC1. The van der Waals surface area contributed by atoms with E-state index in [1.807, 2.05) is 42.3 Å². The third-order valence-corrected chi connectivity index (χ3v) is 4.24. The van der Waals surface area contributed by atoms with Gasteiger partial charge in [0.15, 0.2) is 0 Å². The number of carboxylic acid groups (broad SMARTS) is 1. The summed E-state index contributed by atoms with van der Waals surface area (Å²) < 4.78 is 5.22. The van der Waals surface area contributed by atoms with Crippen LogP contribution >= 0.6 is 0 Å². The molecule has 1 aliphatic carbocycles. The Hall–Kier alpha value is -2.08. The third kappa shape index (κ3) is 5.90. The molecule has 1 fully saturated rings. The number of hydrogen-bond acceptors (Lipinski definition) is 4. The minimum atomic E-state index is -0.808. The number of hydrogen-bond donors (Lipinski definition) is 2. The lowest BCUT2D eigenvalue weighted by atomic mass is 9.90. The van der Waals surface area contributed by atoms with Crippen molar-refractivity contribution in [1.29, 1.82) is 0 Å². The molecule has 1 aliphatic rings. The van der Waals surface area contributed by atoms with Gasteiger partial charge in [-0.05, 0) is 38.3 Å². The zero-order valence-electron chi connectivity index (χ0n) is 13.4. The minimum absolute atomic E-state index is 0.0574. The van der Waals surface area contributed by atoms with Gasteiger partial charge in [0, 0.05) is 12.1 Å². The standard InChI is InChI=1S/C17H24N2O4/c1-19(11-16(20)21)15-9-7-14(8-10-15)18-17(22)23-12-13-5-3-2-4-6-13/h2-6,14-15H,7-12H2,1H3,(H,18,22)(H,20,21). The summed E-state index contributed by atoms with van der Waals surface area (Å²) in [5.74, 6) is -0.808. The van der Waals surface area contributed by atoms with Crippen LogP contribution in [0.1, 0.15) is 31.2 Å². The van der Waals surface area contributed by atoms with Gasteiger partial charge in [0.25, 0.3) is 0 Å². The molecule has 1 saturated carbocycles. The Bertz CT molecular complexity index is 513. The molecule has 0 heterocycles. The van der Waals surface area contributed by atoms with Crippen molar-refractivity contribution in [3.63, 3.8) is 0 Å². The second-order valence-electron chi connectivity index (χ2n) is 6.02. The van der Waals surface area contributed by atoms with Gasteiger partial charge in [-0.15, -0.1) is 0 Å². The summed E-state index contributed by atoms with van der Waals surface area (Å²) in [7, 11) is 1.83. The second kappa shape index (κ2) is 8.53. The molecule has 2 rings (SSSR count). The van der Waals surface area contributed by atoms with E-state index in [2.05, 4.69) is 5.32 Å². The first-order valence-electron chi connectivity index (χ1n) is 7.94. The van der Waals surface area contributed by atoms with Crippen LogP contribution in [0, 0.1) is 0 Å². The first kappa shape index (κ1) is 17.3. The molecule has 0 aliphatic heterocycles. The molecule has 0 aromatic heterocycles. The molecule has 0 spiro atoms. The van der Waals surface area contributed by atoms with Crippen molar-refractivity contribution in [2.45, 2.75) is 44.4 Å². The topological polar surface area (TPSA) is 78.9 Å². The van der Waals surface area contributed by atoms with E-state index >= 15 is 0 Å². The van der Waals surface area contributed by atoms with E-state index in [-0.39, 0.29) is 25.2 Å². The van der Waals surface area contributed by atoms with Crippen LogP contribution in [0.3, 0.4) is 0 Å². The van der Waals surface area contributed by atoms with Crippen LogP contribution < -0.4 is 5.32 Å². The number of amides is 1. The van der Waals surface area contributed by atoms with Crippen LogP contribution in [0.2, 0.25) is 0 Å². The fourth-order valence-electron chi connectivity index (χ4n) is 2.93. The highest BCUT2D eigenvalue weighted by molar-refractivity contribution is 5.69. The largest absolute Gasteiger partial charge is 0.480 e. The van der Waals surface area contributed by atoms with Crippen molar-refractivity contribution in [2.24, 2.45) is 0 Å². The lowest BCUT2D eigenvalue weighted by molar-refractivity contribution is -0.138. The van der Waals surface area contributed by atoms with Crippen LogP contribution in [0.25, 0.3) is 0 Å². The highest BCUT2D eigenvalue weighted by atomic mass is 16.5. The Labute approximate surface area is 136 Å². The van der Waals surface area contributed by atoms with Crippen LogP contribution in [0.5, 0.6) is 0 Å². The third-order valence-electron chi connectivity index (χ3n) is 4.24. The summed E-state index contributed by atoms with van der Waals surface area (Å²) >= 11 is 0. The van der Waals surface area contributed by atoms with Gasteiger partial charge in [-0.2, -0.15) is 0 Å². The van der Waals surface area contributed by atoms with E-state index in [1.165, 1.54) is 0 Å². The van der Waals surface area contributed by atoms with Crippen molar-refractivity contribution in [3.05, 3.63) is 35.9 Å². The average molecular weight is 320 g/mol. The summed E-state index contributed by atoms with van der Waals surface area (Å²) in [6, 6.07) is 9.94. The molecule has 0 bridgehead atoms. The molecule has 6 nitrogen and oxygen atoms in total. The number of ether oxygens (including phenoxy) is 1. The maximum Gasteiger partial charge on any atom is 0.407 e. The molecular formula is C17H24N2O4. The molecule has 1 aromatic carbocycles. The quantitative estimate of drug-likeness (QED) is 0.840. The summed E-state index contributed by atoms with van der Waals surface area (Å²) in [5, 5.41) is 11.7. The van der Waals surface area contributed by atoms with Crippen molar-refractivity contribution >= 4 is 12.1 Å². The molecule has 0 saturated heterocycles. The summed E-state index contributed by atoms with van der Waals surface area (Å²) in [5.41, 5.74) is 0.960. The number of carboxylic acids is 1. The average Bonchev–Trinajstić information content (AvgIpc) is 2.54. The van der Waals surface area contributed by atoms with Crippen molar-refractivity contribution < 1.29 is 19.4 Å². The van der Waals surface area contributed by atoms with Gasteiger partial charge in [-0.1, -0.05) is 30.3 Å². The normalized spacial score (nSPS) is 21.0. The number of likely N-dealkylation sites (N-methyl/N-ethyl adjacent to an activating group) is 1. The predicted octanol–water partition coefficient (Wildman–Crippen LogP) is 2.24. The maximum absolute atomic E-state index is 11.8. The number of carbonyl (C=O) groups is 2. The highest BCUT2D eigenvalue weighted by Gasteiger charge is 2.26. The van der Waals surface area contributed by atoms with E-state index < -0.39 is 12.1 Å². The second-order valence-corrected chi connectivity index (χ2v) is 6.02. The maximum atomic E-state index is 11.8. The Kier molecular flexibility index (Phi) is 6.40. The molecule has 23 heavy (non-hydrogen) atoms. The smallest absolute Gasteiger partial charge is 0.407 e. The minimum Gasteiger partial charge on any atom is -0.480 e. The molecule has 126 valence electrons. The van der Waals surface area contributed by atoms with Gasteiger partial charge in [0.2, 0.25) is 0 Å². The predicted molar refractivity (Wildman–Crippen MR) is 86.1 cm³/mol. The molecular weight excluding hydrogens is 296 g/mol. The Balaban J connectivity index is 1.67. The van der Waals surface area contributed by atoms with Crippen LogP contribution in [0.4, 0.5) is 4.79 Å². The molecule has 2 N–H and O–H groups in total. The van der Waals surface area contributed by atoms with Gasteiger partial charge in [0.1, 0.15) is 6.61 Å². The highest BCUT2D eigenvalue weighted by Crippen LogP contribution is 2.22. The molecule has 0 radical (unpaired) electrons. The lowest BCUT2D eigenvalue weighted by Crippen LogP contribution is -2.44. The van der Waals surface area contributed by atoms with Crippen LogP contribution in [-0.2, 0) is 16.1 Å². The number of rotatable bonds is 6. The summed E-state index contributed by atoms with van der Waals surface area (Å²) in [4.78, 5) is 24.4. The molecule has 6 heteroatoms. The Morgan fingerprint density at radius 3 is 2.48 bits per heavy atom. The number of carbonyl (C=O) groups excluding carboxylic acids is 1. The van der Waals surface area contributed by atoms with E-state index in [1.54, 1.807) is 0 Å². The Morgan fingerprint density at radius 1 is 1.22 bits per heavy atom. The summed E-state index contributed by atoms with van der Waals surface area (Å²) in [6.45, 7) is 0.325. The molecule has 0 atom stereocenters. The van der Waals surface area contributed by atoms with Crippen molar-refractivity contribution in [2.75, 3.05) is 13.6 Å². The van der Waals surface area contributed by atoms with Gasteiger partial charge in [-0.3, -0.25) is 9.69 Å². The molecule has 1 amide bonds. The summed E-state index contributed by atoms with van der Waals surface area (Å²) in [6.07, 6.45) is 3.06. The van der Waals surface area contributed by atoms with Gasteiger partial charge < -0.3 is 15.2 Å². The molecule has 1 aromatic rings. The number of nitrogens with zero attached hydrogens (tertiary/aromatic N) is 1. The Morgan fingerprint density at radius 2 is 1.87 bits per heavy atom.